The van der Waals surface area contributed by atoms with Gasteiger partial charge in [0.25, 0.3) is 0 Å². The molecule has 0 fully saturated rings. The van der Waals surface area contributed by atoms with Crippen molar-refractivity contribution in [3.63, 3.8) is 0 Å². The normalized spacial score (nSPS) is 10.8. The number of carbonyl (C=O) groups is 1. The Labute approximate surface area is 114 Å². The highest BCUT2D eigenvalue weighted by Gasteiger charge is 2.12. The number of hydrogen-bond donors (Lipinski definition) is 1. The van der Waals surface area contributed by atoms with Crippen LogP contribution in [0.25, 0.3) is 16.5 Å². The zero-order valence-corrected chi connectivity index (χ0v) is 10.6. The molecular weight excluding hydrogens is 256 g/mol. The fourth-order valence-corrected chi connectivity index (χ4v) is 2.16. The molecule has 0 aliphatic rings. The minimum Gasteiger partial charge on any atom is -0.481 e. The van der Waals surface area contributed by atoms with Crippen LogP contribution in [0.4, 0.5) is 0 Å². The van der Waals surface area contributed by atoms with Crippen LogP contribution in [-0.4, -0.2) is 31.3 Å². The number of nitrogens with zero attached hydrogens (tertiary/aromatic N) is 4. The zero-order chi connectivity index (χ0) is 13.9. The van der Waals surface area contributed by atoms with Crippen molar-refractivity contribution < 1.29 is 9.90 Å². The molecule has 6 nitrogen and oxygen atoms in total. The van der Waals surface area contributed by atoms with Crippen molar-refractivity contribution in [3.8, 4) is 5.69 Å². The average Bonchev–Trinajstić information content (AvgIpc) is 2.92. The molecular formula is C14H12N4O2. The number of aromatic nitrogens is 4. The Balaban J connectivity index is 2.08. The highest BCUT2D eigenvalue weighted by molar-refractivity contribution is 5.90. The second-order valence-corrected chi connectivity index (χ2v) is 4.40. The van der Waals surface area contributed by atoms with Gasteiger partial charge in [0.15, 0.2) is 5.82 Å². The van der Waals surface area contributed by atoms with E-state index in [1.54, 1.807) is 4.68 Å². The number of fused-ring (bicyclic) bond motifs is 1. The second-order valence-electron chi connectivity index (χ2n) is 4.40. The van der Waals surface area contributed by atoms with Gasteiger partial charge in [-0.05, 0) is 21.9 Å². The zero-order valence-electron chi connectivity index (χ0n) is 10.6. The SMILES string of the molecule is O=C(O)CCc1nnnn1-c1cccc2ccccc12. The van der Waals surface area contributed by atoms with E-state index in [0.29, 0.717) is 12.2 Å². The van der Waals surface area contributed by atoms with E-state index in [2.05, 4.69) is 15.5 Å². The number of hydrogen-bond acceptors (Lipinski definition) is 4. The largest absolute Gasteiger partial charge is 0.481 e. The van der Waals surface area contributed by atoms with Gasteiger partial charge in [0.05, 0.1) is 12.1 Å². The number of benzene rings is 2. The Kier molecular flexibility index (Phi) is 3.12. The lowest BCUT2D eigenvalue weighted by molar-refractivity contribution is -0.137. The lowest BCUT2D eigenvalue weighted by Gasteiger charge is -2.07. The summed E-state index contributed by atoms with van der Waals surface area (Å²) in [5, 5.41) is 22.4. The minimum atomic E-state index is -0.863. The lowest BCUT2D eigenvalue weighted by Crippen LogP contribution is -2.06. The first-order chi connectivity index (χ1) is 9.75. The Bertz CT molecular complexity index is 761. The third kappa shape index (κ3) is 2.23. The van der Waals surface area contributed by atoms with Gasteiger partial charge in [0.2, 0.25) is 0 Å². The topological polar surface area (TPSA) is 80.9 Å². The van der Waals surface area contributed by atoms with Crippen molar-refractivity contribution in [1.29, 1.82) is 0 Å². The molecule has 0 saturated carbocycles. The van der Waals surface area contributed by atoms with Gasteiger partial charge in [0.1, 0.15) is 0 Å². The molecule has 100 valence electrons. The first-order valence-electron chi connectivity index (χ1n) is 6.23. The lowest BCUT2D eigenvalue weighted by atomic mass is 10.1. The van der Waals surface area contributed by atoms with E-state index in [1.165, 1.54) is 0 Å². The fourth-order valence-electron chi connectivity index (χ4n) is 2.16. The van der Waals surface area contributed by atoms with Gasteiger partial charge < -0.3 is 5.11 Å². The summed E-state index contributed by atoms with van der Waals surface area (Å²) < 4.78 is 1.60. The number of aliphatic carboxylic acids is 1. The Morgan fingerprint density at radius 1 is 1.15 bits per heavy atom. The molecule has 1 aromatic heterocycles. The average molecular weight is 268 g/mol. The molecule has 0 saturated heterocycles. The molecule has 2 aromatic carbocycles. The van der Waals surface area contributed by atoms with Crippen LogP contribution in [-0.2, 0) is 11.2 Å². The number of tetrazole rings is 1. The molecule has 0 radical (unpaired) electrons. The number of carboxylic acid groups (broad SMARTS) is 1. The molecule has 0 spiro atoms. The van der Waals surface area contributed by atoms with Crippen LogP contribution >= 0.6 is 0 Å². The van der Waals surface area contributed by atoms with Crippen LogP contribution in [0, 0.1) is 0 Å². The predicted octanol–water partition coefficient (Wildman–Crippen LogP) is 1.83. The predicted molar refractivity (Wildman–Crippen MR) is 72.6 cm³/mol. The quantitative estimate of drug-likeness (QED) is 0.780. The maximum Gasteiger partial charge on any atom is 0.303 e. The van der Waals surface area contributed by atoms with Crippen molar-refractivity contribution in [2.75, 3.05) is 0 Å². The van der Waals surface area contributed by atoms with Gasteiger partial charge in [-0.15, -0.1) is 5.10 Å². The molecule has 20 heavy (non-hydrogen) atoms. The van der Waals surface area contributed by atoms with E-state index in [1.807, 2.05) is 42.5 Å². The van der Waals surface area contributed by atoms with E-state index in [4.69, 9.17) is 5.11 Å². The van der Waals surface area contributed by atoms with E-state index in [9.17, 15) is 4.79 Å². The monoisotopic (exact) mass is 268 g/mol. The molecule has 0 amide bonds. The van der Waals surface area contributed by atoms with Crippen LogP contribution in [0.2, 0.25) is 0 Å². The van der Waals surface area contributed by atoms with Gasteiger partial charge in [-0.25, -0.2) is 0 Å². The van der Waals surface area contributed by atoms with Crippen LogP contribution in [0.15, 0.2) is 42.5 Å². The Morgan fingerprint density at radius 2 is 1.95 bits per heavy atom. The third-order valence-electron chi connectivity index (χ3n) is 3.09. The molecule has 1 N–H and O–H groups in total. The van der Waals surface area contributed by atoms with Gasteiger partial charge in [-0.1, -0.05) is 36.4 Å². The number of carboxylic acids is 1. The number of rotatable bonds is 4. The van der Waals surface area contributed by atoms with Crippen LogP contribution in [0.5, 0.6) is 0 Å². The molecule has 6 heteroatoms. The minimum absolute atomic E-state index is 0.00510. The van der Waals surface area contributed by atoms with Crippen LogP contribution < -0.4 is 0 Å². The van der Waals surface area contributed by atoms with Crippen molar-refractivity contribution in [3.05, 3.63) is 48.3 Å². The summed E-state index contributed by atoms with van der Waals surface area (Å²) in [5.41, 5.74) is 0.855. The highest BCUT2D eigenvalue weighted by Crippen LogP contribution is 2.22. The molecule has 0 aliphatic heterocycles. The molecule has 0 aliphatic carbocycles. The maximum absolute atomic E-state index is 10.7. The van der Waals surface area contributed by atoms with Crippen LogP contribution in [0.3, 0.4) is 0 Å². The van der Waals surface area contributed by atoms with Crippen molar-refractivity contribution in [1.82, 2.24) is 20.2 Å². The molecule has 3 aromatic rings. The number of aryl methyl sites for hydroxylation is 1. The van der Waals surface area contributed by atoms with E-state index < -0.39 is 5.97 Å². The molecule has 0 bridgehead atoms. The van der Waals surface area contributed by atoms with Gasteiger partial charge in [0, 0.05) is 11.8 Å². The summed E-state index contributed by atoms with van der Waals surface area (Å²) in [7, 11) is 0. The van der Waals surface area contributed by atoms with Crippen LogP contribution in [0.1, 0.15) is 12.2 Å². The van der Waals surface area contributed by atoms with Gasteiger partial charge >= 0.3 is 5.97 Å². The van der Waals surface area contributed by atoms with Crippen molar-refractivity contribution in [2.45, 2.75) is 12.8 Å². The van der Waals surface area contributed by atoms with Crippen molar-refractivity contribution >= 4 is 16.7 Å². The van der Waals surface area contributed by atoms with Gasteiger partial charge in [-0.2, -0.15) is 4.68 Å². The summed E-state index contributed by atoms with van der Waals surface area (Å²) in [6.07, 6.45) is 0.302. The smallest absolute Gasteiger partial charge is 0.303 e. The Morgan fingerprint density at radius 3 is 2.80 bits per heavy atom. The molecule has 1 heterocycles. The fraction of sp³-hybridized carbons (Fsp3) is 0.143. The third-order valence-corrected chi connectivity index (χ3v) is 3.09. The Hall–Kier alpha value is -2.76. The first kappa shape index (κ1) is 12.3. The molecule has 3 rings (SSSR count). The second kappa shape index (κ2) is 5.08. The summed E-state index contributed by atoms with van der Waals surface area (Å²) in [6.45, 7) is 0. The summed E-state index contributed by atoms with van der Waals surface area (Å²) in [6, 6.07) is 13.8. The first-order valence-corrected chi connectivity index (χ1v) is 6.23. The maximum atomic E-state index is 10.7. The molecule has 0 atom stereocenters. The van der Waals surface area contributed by atoms with Crippen molar-refractivity contribution in [2.24, 2.45) is 0 Å². The van der Waals surface area contributed by atoms with E-state index in [0.717, 1.165) is 16.5 Å². The molecule has 0 unspecified atom stereocenters. The standard InChI is InChI=1S/C14H12N4O2/c19-14(20)9-8-13-15-16-17-18(13)12-7-3-5-10-4-1-2-6-11(10)12/h1-7H,8-9H2,(H,19,20). The van der Waals surface area contributed by atoms with E-state index >= 15 is 0 Å². The van der Waals surface area contributed by atoms with Gasteiger partial charge in [-0.3, -0.25) is 4.79 Å². The highest BCUT2D eigenvalue weighted by atomic mass is 16.4. The van der Waals surface area contributed by atoms with E-state index in [-0.39, 0.29) is 6.42 Å². The summed E-state index contributed by atoms with van der Waals surface area (Å²) in [5.74, 6) is -0.318. The summed E-state index contributed by atoms with van der Waals surface area (Å²) >= 11 is 0. The summed E-state index contributed by atoms with van der Waals surface area (Å²) in [4.78, 5) is 10.7.